The molecule has 1 fully saturated rings. The Morgan fingerprint density at radius 1 is 1.38 bits per heavy atom. The zero-order chi connectivity index (χ0) is 23.3. The first-order valence-electron chi connectivity index (χ1n) is 9.10. The van der Waals surface area contributed by atoms with Crippen LogP contribution in [0.2, 0.25) is 0 Å². The smallest absolute Gasteiger partial charge is 0.312 e. The average Bonchev–Trinajstić information content (AvgIpc) is 3.21. The third-order valence-electron chi connectivity index (χ3n) is 4.03. The Bertz CT molecular complexity index is 1160. The number of carbonyl (C=O) groups is 4. The minimum absolute atomic E-state index is 0.0713. The highest BCUT2D eigenvalue weighted by atomic mass is 32.2. The number of methoxy groups -OCH3 is 1. The van der Waals surface area contributed by atoms with E-state index in [2.05, 4.69) is 25.9 Å². The number of hydrogen-bond acceptors (Lipinski definition) is 10. The number of imide groups is 1. The second-order valence-electron chi connectivity index (χ2n) is 6.44. The van der Waals surface area contributed by atoms with Crippen LogP contribution >= 0.6 is 24.0 Å². The van der Waals surface area contributed by atoms with E-state index in [1.54, 1.807) is 19.1 Å². The molecule has 0 aliphatic carbocycles. The summed E-state index contributed by atoms with van der Waals surface area (Å²) >= 11 is 5.76. The number of carbonyl (C=O) groups excluding carboxylic acids is 4. The van der Waals surface area contributed by atoms with Crippen LogP contribution in [0.3, 0.4) is 0 Å². The fourth-order valence-corrected chi connectivity index (χ4v) is 3.68. The van der Waals surface area contributed by atoms with E-state index < -0.39 is 28.3 Å². The van der Waals surface area contributed by atoms with Gasteiger partial charge in [0.05, 0.1) is 19.7 Å². The van der Waals surface area contributed by atoms with Crippen LogP contribution < -0.4 is 20.2 Å². The van der Waals surface area contributed by atoms with Crippen molar-refractivity contribution in [1.82, 2.24) is 25.5 Å². The van der Waals surface area contributed by atoms with E-state index in [1.807, 2.05) is 0 Å². The van der Waals surface area contributed by atoms with Crippen LogP contribution in [0.4, 0.5) is 4.79 Å². The Hall–Kier alpha value is -3.52. The van der Waals surface area contributed by atoms with Gasteiger partial charge >= 0.3 is 5.97 Å². The number of nitrogens with zero attached hydrogens (tertiary/aromatic N) is 3. The van der Waals surface area contributed by atoms with Crippen LogP contribution in [0.25, 0.3) is 0 Å². The van der Waals surface area contributed by atoms with Gasteiger partial charge in [-0.2, -0.15) is 5.10 Å². The number of hydrazone groups is 1. The molecule has 1 aliphatic rings. The third-order valence-corrected chi connectivity index (χ3v) is 5.32. The Morgan fingerprint density at radius 2 is 2.16 bits per heavy atom. The molecule has 0 saturated carbocycles. The normalized spacial score (nSPS) is 15.6. The molecule has 1 saturated heterocycles. The lowest BCUT2D eigenvalue weighted by Gasteiger charge is -2.10. The number of aromatic nitrogens is 3. The molecular weight excluding hydrogens is 460 g/mol. The molecule has 2 heterocycles. The van der Waals surface area contributed by atoms with Crippen LogP contribution in [-0.4, -0.2) is 56.4 Å². The lowest BCUT2D eigenvalue weighted by molar-refractivity contribution is -0.136. The van der Waals surface area contributed by atoms with E-state index in [0.29, 0.717) is 11.4 Å². The maximum absolute atomic E-state index is 12.1. The molecule has 0 radical (unpaired) electrons. The number of ether oxygens (including phenoxy) is 2. The lowest BCUT2D eigenvalue weighted by atomic mass is 10.2. The first-order chi connectivity index (χ1) is 15.2. The molecule has 2 aromatic rings. The molecule has 1 aromatic heterocycles. The van der Waals surface area contributed by atoms with E-state index in [1.165, 1.54) is 24.1 Å². The molecular formula is C18H18N6O6S2. The van der Waals surface area contributed by atoms with E-state index in [0.717, 1.165) is 11.8 Å². The third kappa shape index (κ3) is 6.01. The van der Waals surface area contributed by atoms with Gasteiger partial charge in [-0.3, -0.25) is 34.3 Å². The average molecular weight is 479 g/mol. The second kappa shape index (κ2) is 10.2. The molecule has 1 aromatic carbocycles. The van der Waals surface area contributed by atoms with Crippen molar-refractivity contribution in [1.29, 1.82) is 0 Å². The van der Waals surface area contributed by atoms with Crippen molar-refractivity contribution in [3.63, 3.8) is 0 Å². The van der Waals surface area contributed by atoms with Crippen LogP contribution in [0.15, 0.2) is 23.3 Å². The van der Waals surface area contributed by atoms with Gasteiger partial charge in [0, 0.05) is 0 Å². The van der Waals surface area contributed by atoms with Crippen molar-refractivity contribution in [3.05, 3.63) is 34.4 Å². The highest BCUT2D eigenvalue weighted by molar-refractivity contribution is 8.15. The van der Waals surface area contributed by atoms with Crippen molar-refractivity contribution in [2.45, 2.75) is 25.1 Å². The Kier molecular flexibility index (Phi) is 7.37. The fraction of sp³-hybridized carbons (Fsp3) is 0.278. The maximum Gasteiger partial charge on any atom is 0.312 e. The fourth-order valence-electron chi connectivity index (χ4n) is 2.63. The summed E-state index contributed by atoms with van der Waals surface area (Å²) < 4.78 is 12.1. The predicted octanol–water partition coefficient (Wildman–Crippen LogP) is 1.06. The summed E-state index contributed by atoms with van der Waals surface area (Å²) in [6.45, 7) is 1.65. The largest absolute Gasteiger partial charge is 0.493 e. The monoisotopic (exact) mass is 478 g/mol. The molecule has 0 spiro atoms. The number of aryl methyl sites for hydroxylation is 1. The Labute approximate surface area is 190 Å². The summed E-state index contributed by atoms with van der Waals surface area (Å²) in [5.74, 6) is -0.650. The quantitative estimate of drug-likeness (QED) is 0.166. The van der Waals surface area contributed by atoms with Gasteiger partial charge in [0.25, 0.3) is 11.1 Å². The number of thioether (sulfide) groups is 1. The van der Waals surface area contributed by atoms with Crippen LogP contribution in [0.1, 0.15) is 17.8 Å². The molecule has 1 unspecified atom stereocenters. The van der Waals surface area contributed by atoms with Gasteiger partial charge in [0.2, 0.25) is 10.7 Å². The van der Waals surface area contributed by atoms with E-state index in [4.69, 9.17) is 21.7 Å². The number of nitrogens with one attached hydrogen (secondary N) is 3. The summed E-state index contributed by atoms with van der Waals surface area (Å²) in [6.07, 6.45) is 1.12. The van der Waals surface area contributed by atoms with Crippen LogP contribution in [0, 0.1) is 11.7 Å². The molecule has 1 aliphatic heterocycles. The Balaban J connectivity index is 1.57. The van der Waals surface area contributed by atoms with Crippen molar-refractivity contribution in [3.8, 4) is 11.5 Å². The summed E-state index contributed by atoms with van der Waals surface area (Å²) in [5.41, 5.74) is 2.93. The first-order valence-corrected chi connectivity index (χ1v) is 10.4. The SMILES string of the molecule is COc1cc(/C=N\NC(=O)Cn2[nH]c(C)nc2=S)ccc1OC(=O)CC1SC(=O)NC1=O. The number of benzene rings is 1. The number of hydrogen-bond donors (Lipinski definition) is 3. The standard InChI is InChI=1S/C18H18N6O6S2/c1-9-20-17(31)24(23-9)8-14(25)22-19-7-10-3-4-11(12(5-10)29-2)30-15(26)6-13-16(27)21-18(28)32-13/h3-5,7,13H,6,8H2,1-2H3,(H,22,25)(H,20,23,31)(H,21,27,28)/b19-7-. The highest BCUT2D eigenvalue weighted by Gasteiger charge is 2.34. The van der Waals surface area contributed by atoms with Crippen molar-refractivity contribution < 1.29 is 28.7 Å². The zero-order valence-corrected chi connectivity index (χ0v) is 18.5. The van der Waals surface area contributed by atoms with Crippen molar-refractivity contribution in [2.75, 3.05) is 7.11 Å². The molecule has 3 N–H and O–H groups in total. The van der Waals surface area contributed by atoms with Gasteiger partial charge < -0.3 is 9.47 Å². The first kappa shape index (κ1) is 23.1. The number of aromatic amines is 1. The summed E-state index contributed by atoms with van der Waals surface area (Å²) in [7, 11) is 1.39. The number of amides is 3. The van der Waals surface area contributed by atoms with Crippen LogP contribution in [0.5, 0.6) is 11.5 Å². The lowest BCUT2D eigenvalue weighted by Crippen LogP contribution is -2.27. The van der Waals surface area contributed by atoms with Crippen molar-refractivity contribution >= 4 is 53.2 Å². The molecule has 12 nitrogen and oxygen atoms in total. The van der Waals surface area contributed by atoms with Gasteiger partial charge in [0.1, 0.15) is 17.6 Å². The maximum atomic E-state index is 12.1. The van der Waals surface area contributed by atoms with E-state index >= 15 is 0 Å². The highest BCUT2D eigenvalue weighted by Crippen LogP contribution is 2.29. The second-order valence-corrected chi connectivity index (χ2v) is 7.98. The van der Waals surface area contributed by atoms with Gasteiger partial charge in [-0.05, 0) is 42.9 Å². The number of rotatable bonds is 8. The zero-order valence-electron chi connectivity index (χ0n) is 16.9. The predicted molar refractivity (Wildman–Crippen MR) is 116 cm³/mol. The van der Waals surface area contributed by atoms with Gasteiger partial charge in [0.15, 0.2) is 11.5 Å². The molecule has 3 amide bonds. The molecule has 1 atom stereocenters. The van der Waals surface area contributed by atoms with Gasteiger partial charge in [-0.25, -0.2) is 10.4 Å². The van der Waals surface area contributed by atoms with E-state index in [-0.39, 0.29) is 29.2 Å². The summed E-state index contributed by atoms with van der Waals surface area (Å²) in [6, 6.07) is 4.63. The number of H-pyrrole nitrogens is 1. The molecule has 0 bridgehead atoms. The molecule has 32 heavy (non-hydrogen) atoms. The van der Waals surface area contributed by atoms with Crippen molar-refractivity contribution in [2.24, 2.45) is 5.10 Å². The molecule has 14 heteroatoms. The van der Waals surface area contributed by atoms with Gasteiger partial charge in [-0.1, -0.05) is 11.8 Å². The molecule has 168 valence electrons. The summed E-state index contributed by atoms with van der Waals surface area (Å²) in [5, 5.41) is 7.50. The molecule has 3 rings (SSSR count). The minimum Gasteiger partial charge on any atom is -0.493 e. The topological polar surface area (TPSA) is 157 Å². The van der Waals surface area contributed by atoms with Gasteiger partial charge in [-0.15, -0.1) is 0 Å². The Morgan fingerprint density at radius 3 is 2.78 bits per heavy atom. The summed E-state index contributed by atoms with van der Waals surface area (Å²) in [4.78, 5) is 50.8. The van der Waals surface area contributed by atoms with E-state index in [9.17, 15) is 19.2 Å². The number of esters is 1. The van der Waals surface area contributed by atoms with Crippen LogP contribution in [-0.2, 0) is 20.9 Å². The minimum atomic E-state index is -0.823.